The zero-order valence-corrected chi connectivity index (χ0v) is 14.1. The third-order valence-electron chi connectivity index (χ3n) is 3.33. The molecule has 114 valence electrons. The highest BCUT2D eigenvalue weighted by Crippen LogP contribution is 2.32. The van der Waals surface area contributed by atoms with Gasteiger partial charge in [0.2, 0.25) is 0 Å². The topological polar surface area (TPSA) is 43.6 Å². The molecule has 0 aliphatic rings. The van der Waals surface area contributed by atoms with Crippen molar-refractivity contribution in [2.24, 2.45) is 0 Å². The Labute approximate surface area is 133 Å². The molecule has 4 nitrogen and oxygen atoms in total. The number of methoxy groups -OCH3 is 1. The highest BCUT2D eigenvalue weighted by molar-refractivity contribution is 9.10. The number of halogens is 1. The number of hydrogen-bond donors (Lipinski definition) is 1. The molecule has 0 spiro atoms. The number of benzene rings is 1. The molecule has 5 heteroatoms. The number of hydrogen-bond acceptors (Lipinski definition) is 4. The molecule has 0 fully saturated rings. The summed E-state index contributed by atoms with van der Waals surface area (Å²) in [6.45, 7) is 3.07. The van der Waals surface area contributed by atoms with Gasteiger partial charge >= 0.3 is 0 Å². The SMILES string of the molecule is CNC(c1ccc(OCCOC)c(Br)c1)c1ccoc1C. The number of nitrogens with one attached hydrogen (secondary N) is 1. The van der Waals surface area contributed by atoms with Crippen LogP contribution in [-0.2, 0) is 4.74 Å². The maximum atomic E-state index is 5.65. The smallest absolute Gasteiger partial charge is 0.133 e. The van der Waals surface area contributed by atoms with Crippen molar-refractivity contribution in [3.05, 3.63) is 51.9 Å². The van der Waals surface area contributed by atoms with Crippen molar-refractivity contribution in [1.82, 2.24) is 5.32 Å². The molecular weight excluding hydrogens is 334 g/mol. The number of ether oxygens (including phenoxy) is 2. The van der Waals surface area contributed by atoms with Gasteiger partial charge in [0.1, 0.15) is 18.1 Å². The molecule has 1 aromatic heterocycles. The fraction of sp³-hybridized carbons (Fsp3) is 0.375. The summed E-state index contributed by atoms with van der Waals surface area (Å²) < 4.78 is 17.0. The van der Waals surface area contributed by atoms with Crippen LogP contribution in [0.15, 0.2) is 39.4 Å². The van der Waals surface area contributed by atoms with Crippen molar-refractivity contribution in [3.8, 4) is 5.75 Å². The predicted molar refractivity (Wildman–Crippen MR) is 85.9 cm³/mol. The third kappa shape index (κ3) is 3.87. The minimum atomic E-state index is 0.0908. The lowest BCUT2D eigenvalue weighted by atomic mass is 9.99. The summed E-state index contributed by atoms with van der Waals surface area (Å²) in [4.78, 5) is 0. The molecule has 2 aromatic rings. The van der Waals surface area contributed by atoms with Crippen LogP contribution >= 0.6 is 15.9 Å². The van der Waals surface area contributed by atoms with Gasteiger partial charge < -0.3 is 19.2 Å². The average molecular weight is 354 g/mol. The Morgan fingerprint density at radius 1 is 1.29 bits per heavy atom. The monoisotopic (exact) mass is 353 g/mol. The van der Waals surface area contributed by atoms with Gasteiger partial charge in [-0.2, -0.15) is 0 Å². The van der Waals surface area contributed by atoms with E-state index in [1.807, 2.05) is 26.1 Å². The van der Waals surface area contributed by atoms with Gasteiger partial charge in [-0.05, 0) is 53.7 Å². The van der Waals surface area contributed by atoms with E-state index in [4.69, 9.17) is 13.9 Å². The summed E-state index contributed by atoms with van der Waals surface area (Å²) >= 11 is 3.56. The van der Waals surface area contributed by atoms with E-state index < -0.39 is 0 Å². The Morgan fingerprint density at radius 3 is 2.67 bits per heavy atom. The first-order chi connectivity index (χ1) is 10.2. The van der Waals surface area contributed by atoms with Crippen molar-refractivity contribution in [1.29, 1.82) is 0 Å². The fourth-order valence-electron chi connectivity index (χ4n) is 2.24. The van der Waals surface area contributed by atoms with E-state index in [1.54, 1.807) is 13.4 Å². The number of rotatable bonds is 7. The normalized spacial score (nSPS) is 12.4. The van der Waals surface area contributed by atoms with E-state index >= 15 is 0 Å². The third-order valence-corrected chi connectivity index (χ3v) is 3.95. The molecule has 0 aliphatic heterocycles. The first-order valence-corrected chi connectivity index (χ1v) is 7.59. The predicted octanol–water partition coefficient (Wildman–Crippen LogP) is 3.68. The minimum absolute atomic E-state index is 0.0908. The maximum Gasteiger partial charge on any atom is 0.133 e. The van der Waals surface area contributed by atoms with Gasteiger partial charge in [0.05, 0.1) is 23.4 Å². The lowest BCUT2D eigenvalue weighted by molar-refractivity contribution is 0.146. The maximum absolute atomic E-state index is 5.65. The molecule has 0 aliphatic carbocycles. The molecular formula is C16H20BrNO3. The van der Waals surface area contributed by atoms with E-state index in [2.05, 4.69) is 33.4 Å². The van der Waals surface area contributed by atoms with Crippen LogP contribution in [0.25, 0.3) is 0 Å². The fourth-order valence-corrected chi connectivity index (χ4v) is 2.76. The van der Waals surface area contributed by atoms with Gasteiger partial charge in [-0.15, -0.1) is 0 Å². The standard InChI is InChI=1S/C16H20BrNO3/c1-11-13(6-7-20-11)16(18-2)12-4-5-15(14(17)10-12)21-9-8-19-3/h4-7,10,16,18H,8-9H2,1-3H3. The van der Waals surface area contributed by atoms with Gasteiger partial charge in [0.15, 0.2) is 0 Å². The summed E-state index contributed by atoms with van der Waals surface area (Å²) in [5, 5.41) is 3.32. The number of furan rings is 1. The van der Waals surface area contributed by atoms with Crippen LogP contribution in [0.2, 0.25) is 0 Å². The molecule has 0 saturated heterocycles. The summed E-state index contributed by atoms with van der Waals surface area (Å²) in [5.41, 5.74) is 2.28. The van der Waals surface area contributed by atoms with Crippen molar-refractivity contribution in [2.45, 2.75) is 13.0 Å². The molecule has 0 amide bonds. The second-order valence-electron chi connectivity index (χ2n) is 4.68. The van der Waals surface area contributed by atoms with Crippen LogP contribution < -0.4 is 10.1 Å². The highest BCUT2D eigenvalue weighted by Gasteiger charge is 2.17. The van der Waals surface area contributed by atoms with Crippen LogP contribution in [0.4, 0.5) is 0 Å². The Morgan fingerprint density at radius 2 is 2.10 bits per heavy atom. The van der Waals surface area contributed by atoms with Gasteiger partial charge in [-0.3, -0.25) is 0 Å². The van der Waals surface area contributed by atoms with E-state index in [1.165, 1.54) is 0 Å². The lowest BCUT2D eigenvalue weighted by Crippen LogP contribution is -2.18. The van der Waals surface area contributed by atoms with E-state index in [0.29, 0.717) is 13.2 Å². The molecule has 1 unspecified atom stereocenters. The van der Waals surface area contributed by atoms with Crippen molar-refractivity contribution >= 4 is 15.9 Å². The van der Waals surface area contributed by atoms with Gasteiger partial charge in [-0.25, -0.2) is 0 Å². The summed E-state index contributed by atoms with van der Waals surface area (Å²) in [6.07, 6.45) is 1.71. The lowest BCUT2D eigenvalue weighted by Gasteiger charge is -2.17. The van der Waals surface area contributed by atoms with Gasteiger partial charge in [0, 0.05) is 12.7 Å². The quantitative estimate of drug-likeness (QED) is 0.771. The first-order valence-electron chi connectivity index (χ1n) is 6.79. The van der Waals surface area contributed by atoms with Gasteiger partial charge in [-0.1, -0.05) is 6.07 Å². The Bertz CT molecular complexity index is 583. The molecule has 1 heterocycles. The van der Waals surface area contributed by atoms with Crippen molar-refractivity contribution in [2.75, 3.05) is 27.4 Å². The molecule has 0 radical (unpaired) electrons. The molecule has 1 aromatic carbocycles. The van der Waals surface area contributed by atoms with Crippen LogP contribution in [0.1, 0.15) is 22.9 Å². The van der Waals surface area contributed by atoms with Crippen molar-refractivity contribution < 1.29 is 13.9 Å². The summed E-state index contributed by atoms with van der Waals surface area (Å²) in [5.74, 6) is 1.74. The molecule has 21 heavy (non-hydrogen) atoms. The van der Waals surface area contributed by atoms with Crippen LogP contribution in [0, 0.1) is 6.92 Å². The second-order valence-corrected chi connectivity index (χ2v) is 5.54. The molecule has 0 saturated carbocycles. The minimum Gasteiger partial charge on any atom is -0.490 e. The largest absolute Gasteiger partial charge is 0.490 e. The van der Waals surface area contributed by atoms with Crippen LogP contribution in [0.5, 0.6) is 5.75 Å². The van der Waals surface area contributed by atoms with E-state index in [9.17, 15) is 0 Å². The zero-order valence-electron chi connectivity index (χ0n) is 12.5. The van der Waals surface area contributed by atoms with Gasteiger partial charge in [0.25, 0.3) is 0 Å². The Kier molecular flexibility index (Phi) is 5.85. The first kappa shape index (κ1) is 16.1. The van der Waals surface area contributed by atoms with Crippen molar-refractivity contribution in [3.63, 3.8) is 0 Å². The van der Waals surface area contributed by atoms with Crippen LogP contribution in [-0.4, -0.2) is 27.4 Å². The highest BCUT2D eigenvalue weighted by atomic mass is 79.9. The molecule has 1 N–H and O–H groups in total. The summed E-state index contributed by atoms with van der Waals surface area (Å²) in [7, 11) is 3.60. The molecule has 1 atom stereocenters. The van der Waals surface area contributed by atoms with E-state index in [-0.39, 0.29) is 6.04 Å². The zero-order chi connectivity index (χ0) is 15.2. The molecule has 2 rings (SSSR count). The average Bonchev–Trinajstić information content (AvgIpc) is 2.89. The second kappa shape index (κ2) is 7.64. The Balaban J connectivity index is 2.20. The Hall–Kier alpha value is -1.30. The molecule has 0 bridgehead atoms. The van der Waals surface area contributed by atoms with Crippen LogP contribution in [0.3, 0.4) is 0 Å². The number of aryl methyl sites for hydroxylation is 1. The summed E-state index contributed by atoms with van der Waals surface area (Å²) in [6, 6.07) is 8.17. The van der Waals surface area contributed by atoms with E-state index in [0.717, 1.165) is 27.1 Å².